The average Bonchev–Trinajstić information content (AvgIpc) is 2.42. The minimum absolute atomic E-state index is 0.126. The summed E-state index contributed by atoms with van der Waals surface area (Å²) in [5.74, 6) is 0.766. The Morgan fingerprint density at radius 1 is 1.26 bits per heavy atom. The normalized spacial score (nSPS) is 29.5. The third-order valence-corrected chi connectivity index (χ3v) is 4.96. The van der Waals surface area contributed by atoms with Crippen molar-refractivity contribution in [3.63, 3.8) is 0 Å². The van der Waals surface area contributed by atoms with E-state index in [1.165, 1.54) is 32.1 Å². The summed E-state index contributed by atoms with van der Waals surface area (Å²) in [7, 11) is 0. The minimum atomic E-state index is -0.126. The Morgan fingerprint density at radius 2 is 2.00 bits per heavy atom. The van der Waals surface area contributed by atoms with Gasteiger partial charge in [-0.05, 0) is 56.2 Å². The molecule has 1 aliphatic carbocycles. The molecule has 1 heterocycles. The summed E-state index contributed by atoms with van der Waals surface area (Å²) in [6.45, 7) is 5.03. The lowest BCUT2D eigenvalue weighted by molar-refractivity contribution is 0.255. The summed E-state index contributed by atoms with van der Waals surface area (Å²) in [6, 6.07) is 3.55. The van der Waals surface area contributed by atoms with Crippen molar-refractivity contribution in [3.8, 4) is 0 Å². The zero-order valence-corrected chi connectivity index (χ0v) is 11.9. The number of rotatable bonds is 1. The smallest absolute Gasteiger partial charge is 0.128 e. The maximum absolute atomic E-state index is 13.6. The van der Waals surface area contributed by atoms with Crippen LogP contribution in [0.4, 0.5) is 15.8 Å². The topological polar surface area (TPSA) is 24.1 Å². The summed E-state index contributed by atoms with van der Waals surface area (Å²) < 4.78 is 13.6. The molecule has 0 saturated heterocycles. The maximum Gasteiger partial charge on any atom is 0.128 e. The first-order chi connectivity index (χ1) is 9.12. The quantitative estimate of drug-likeness (QED) is 0.788. The zero-order valence-electron chi connectivity index (χ0n) is 11.9. The Bertz CT molecular complexity index is 476. The molecule has 0 radical (unpaired) electrons. The second-order valence-electron chi connectivity index (χ2n) is 6.26. The van der Waals surface area contributed by atoms with Gasteiger partial charge in [0.2, 0.25) is 0 Å². The molecule has 0 atom stereocenters. The van der Waals surface area contributed by atoms with E-state index in [0.29, 0.717) is 5.56 Å². The van der Waals surface area contributed by atoms with Gasteiger partial charge in [0.1, 0.15) is 5.82 Å². The molecule has 1 aliphatic heterocycles. The molecule has 2 nitrogen and oxygen atoms in total. The van der Waals surface area contributed by atoms with E-state index >= 15 is 0 Å². The van der Waals surface area contributed by atoms with Crippen LogP contribution in [0.25, 0.3) is 0 Å². The van der Waals surface area contributed by atoms with Crippen LogP contribution in [0.2, 0.25) is 0 Å². The zero-order chi connectivity index (χ0) is 13.5. The molecule has 0 aromatic heterocycles. The molecular weight excluding hydrogens is 239 g/mol. The Morgan fingerprint density at radius 3 is 2.68 bits per heavy atom. The lowest BCUT2D eigenvalue weighted by Gasteiger charge is -2.45. The summed E-state index contributed by atoms with van der Waals surface area (Å²) in [5, 5.41) is 7.12. The lowest BCUT2D eigenvalue weighted by Crippen LogP contribution is -2.50. The Kier molecular flexibility index (Phi) is 3.15. The molecule has 0 bridgehead atoms. The largest absolute Gasteiger partial charge is 0.381 e. The molecule has 1 spiro atoms. The molecule has 3 rings (SSSR count). The van der Waals surface area contributed by atoms with Gasteiger partial charge < -0.3 is 10.6 Å². The van der Waals surface area contributed by atoms with Gasteiger partial charge in [0.15, 0.2) is 0 Å². The summed E-state index contributed by atoms with van der Waals surface area (Å²) in [5.41, 5.74) is 2.88. The summed E-state index contributed by atoms with van der Waals surface area (Å²) in [6.07, 6.45) is 6.34. The standard InChI is InChI=1S/C16H23FN2/c1-3-12-4-6-16(7-5-12)10-18-14-9-13(17)11(2)8-15(14)19-16/h8-9,12,18-19H,3-7,10H2,1-2H3. The van der Waals surface area contributed by atoms with E-state index in [2.05, 4.69) is 17.6 Å². The Labute approximate surface area is 114 Å². The van der Waals surface area contributed by atoms with Crippen molar-refractivity contribution in [1.29, 1.82) is 0 Å². The number of benzene rings is 1. The number of anilines is 2. The molecule has 0 amide bonds. The number of nitrogens with one attached hydrogen (secondary N) is 2. The van der Waals surface area contributed by atoms with Gasteiger partial charge in [-0.25, -0.2) is 4.39 Å². The van der Waals surface area contributed by atoms with Crippen LogP contribution in [0.1, 0.15) is 44.6 Å². The van der Waals surface area contributed by atoms with Crippen LogP contribution in [-0.2, 0) is 0 Å². The molecule has 1 aromatic rings. The maximum atomic E-state index is 13.6. The second-order valence-corrected chi connectivity index (χ2v) is 6.26. The highest BCUT2D eigenvalue weighted by atomic mass is 19.1. The third-order valence-electron chi connectivity index (χ3n) is 4.96. The van der Waals surface area contributed by atoms with Crippen molar-refractivity contribution in [2.75, 3.05) is 17.2 Å². The van der Waals surface area contributed by atoms with Crippen LogP contribution < -0.4 is 10.6 Å². The predicted octanol–water partition coefficient (Wildman–Crippen LogP) is 4.31. The number of hydrogen-bond donors (Lipinski definition) is 2. The van der Waals surface area contributed by atoms with Crippen LogP contribution in [0, 0.1) is 18.7 Å². The highest BCUT2D eigenvalue weighted by Gasteiger charge is 2.37. The minimum Gasteiger partial charge on any atom is -0.381 e. The van der Waals surface area contributed by atoms with Gasteiger partial charge in [0.05, 0.1) is 16.9 Å². The van der Waals surface area contributed by atoms with E-state index < -0.39 is 0 Å². The number of fused-ring (bicyclic) bond motifs is 1. The van der Waals surface area contributed by atoms with Gasteiger partial charge in [-0.2, -0.15) is 0 Å². The fourth-order valence-corrected chi connectivity index (χ4v) is 3.47. The number of halogens is 1. The molecule has 3 heteroatoms. The third kappa shape index (κ3) is 2.31. The van der Waals surface area contributed by atoms with Crippen molar-refractivity contribution in [3.05, 3.63) is 23.5 Å². The van der Waals surface area contributed by atoms with E-state index in [9.17, 15) is 4.39 Å². The summed E-state index contributed by atoms with van der Waals surface area (Å²) in [4.78, 5) is 0. The molecule has 1 fully saturated rings. The first kappa shape index (κ1) is 12.8. The van der Waals surface area contributed by atoms with Gasteiger partial charge in [0, 0.05) is 6.54 Å². The highest BCUT2D eigenvalue weighted by molar-refractivity contribution is 5.73. The fourth-order valence-electron chi connectivity index (χ4n) is 3.47. The van der Waals surface area contributed by atoms with Gasteiger partial charge in [-0.3, -0.25) is 0 Å². The molecule has 2 aliphatic rings. The van der Waals surface area contributed by atoms with E-state index in [4.69, 9.17) is 0 Å². The van der Waals surface area contributed by atoms with Crippen LogP contribution in [0.3, 0.4) is 0 Å². The summed E-state index contributed by atoms with van der Waals surface area (Å²) >= 11 is 0. The van der Waals surface area contributed by atoms with Crippen molar-refractivity contribution in [2.45, 2.75) is 51.5 Å². The Balaban J connectivity index is 1.80. The molecule has 104 valence electrons. The van der Waals surface area contributed by atoms with Gasteiger partial charge in [-0.15, -0.1) is 0 Å². The SMILES string of the molecule is CCC1CCC2(CC1)CNc1cc(F)c(C)cc1N2. The van der Waals surface area contributed by atoms with Crippen molar-refractivity contribution >= 4 is 11.4 Å². The van der Waals surface area contributed by atoms with Crippen LogP contribution in [0.5, 0.6) is 0 Å². The second kappa shape index (κ2) is 4.69. The fraction of sp³-hybridized carbons (Fsp3) is 0.625. The predicted molar refractivity (Wildman–Crippen MR) is 78.2 cm³/mol. The van der Waals surface area contributed by atoms with Gasteiger partial charge in [-0.1, -0.05) is 13.3 Å². The molecule has 1 saturated carbocycles. The molecule has 1 aromatic carbocycles. The van der Waals surface area contributed by atoms with E-state index in [-0.39, 0.29) is 11.4 Å². The van der Waals surface area contributed by atoms with E-state index in [1.54, 1.807) is 6.07 Å². The first-order valence-corrected chi connectivity index (χ1v) is 7.44. The van der Waals surface area contributed by atoms with Crippen molar-refractivity contribution < 1.29 is 4.39 Å². The monoisotopic (exact) mass is 262 g/mol. The molecule has 2 N–H and O–H groups in total. The average molecular weight is 262 g/mol. The number of aryl methyl sites for hydroxylation is 1. The molecular formula is C16H23FN2. The molecule has 0 unspecified atom stereocenters. The van der Waals surface area contributed by atoms with Crippen LogP contribution >= 0.6 is 0 Å². The molecule has 19 heavy (non-hydrogen) atoms. The van der Waals surface area contributed by atoms with Gasteiger partial charge in [0.25, 0.3) is 0 Å². The van der Waals surface area contributed by atoms with Crippen molar-refractivity contribution in [1.82, 2.24) is 0 Å². The lowest BCUT2D eigenvalue weighted by atomic mass is 9.74. The van der Waals surface area contributed by atoms with Gasteiger partial charge >= 0.3 is 0 Å². The van der Waals surface area contributed by atoms with E-state index in [1.807, 2.05) is 13.0 Å². The van der Waals surface area contributed by atoms with Crippen LogP contribution in [0.15, 0.2) is 12.1 Å². The van der Waals surface area contributed by atoms with E-state index in [0.717, 1.165) is 23.8 Å². The van der Waals surface area contributed by atoms with Crippen molar-refractivity contribution in [2.24, 2.45) is 5.92 Å². The number of hydrogen-bond acceptors (Lipinski definition) is 2. The Hall–Kier alpha value is -1.25. The first-order valence-electron chi connectivity index (χ1n) is 7.44. The highest BCUT2D eigenvalue weighted by Crippen LogP contribution is 2.41. The van der Waals surface area contributed by atoms with Crippen LogP contribution in [-0.4, -0.2) is 12.1 Å².